The third-order valence-corrected chi connectivity index (χ3v) is 6.50. The molecule has 2 aliphatic rings. The smallest absolute Gasteiger partial charge is 0.409 e. The lowest BCUT2D eigenvalue weighted by molar-refractivity contribution is -0.142. The van der Waals surface area contributed by atoms with Crippen LogP contribution in [0.2, 0.25) is 0 Å². The Bertz CT molecular complexity index is 1090. The van der Waals surface area contributed by atoms with E-state index in [0.717, 1.165) is 12.0 Å². The maximum absolute atomic E-state index is 13.3. The third kappa shape index (κ3) is 4.40. The first-order valence-corrected chi connectivity index (χ1v) is 11.7. The van der Waals surface area contributed by atoms with Gasteiger partial charge in [0.05, 0.1) is 18.2 Å². The van der Waals surface area contributed by atoms with E-state index in [2.05, 4.69) is 4.98 Å². The Balaban J connectivity index is 1.70. The van der Waals surface area contributed by atoms with Crippen molar-refractivity contribution in [1.29, 1.82) is 0 Å². The molecule has 2 aliphatic heterocycles. The second-order valence-electron chi connectivity index (χ2n) is 8.46. The van der Waals surface area contributed by atoms with E-state index in [1.807, 2.05) is 19.1 Å². The number of carbonyl (C=O) groups is 3. The Hall–Kier alpha value is -3.68. The van der Waals surface area contributed by atoms with Crippen LogP contribution in [0.1, 0.15) is 49.4 Å². The topological polar surface area (TPSA) is 100 Å². The Labute approximate surface area is 198 Å². The summed E-state index contributed by atoms with van der Waals surface area (Å²) < 4.78 is 5.09. The maximum atomic E-state index is 13.3. The van der Waals surface area contributed by atoms with Gasteiger partial charge >= 0.3 is 6.09 Å². The van der Waals surface area contributed by atoms with Crippen molar-refractivity contribution in [2.75, 3.05) is 19.7 Å². The molecule has 4 rings (SSSR count). The number of rotatable bonds is 5. The zero-order chi connectivity index (χ0) is 24.2. The van der Waals surface area contributed by atoms with Gasteiger partial charge in [0.15, 0.2) is 0 Å². The minimum atomic E-state index is -0.751. The summed E-state index contributed by atoms with van der Waals surface area (Å²) in [4.78, 5) is 45.9. The maximum Gasteiger partial charge on any atom is 0.409 e. The minimum Gasteiger partial charge on any atom is -0.507 e. The molecule has 2 fully saturated rings. The summed E-state index contributed by atoms with van der Waals surface area (Å²) in [5, 5.41) is 11.2. The lowest BCUT2D eigenvalue weighted by Gasteiger charge is -2.38. The Kier molecular flexibility index (Phi) is 6.95. The van der Waals surface area contributed by atoms with Crippen molar-refractivity contribution in [3.63, 3.8) is 0 Å². The molecule has 34 heavy (non-hydrogen) atoms. The van der Waals surface area contributed by atoms with Gasteiger partial charge < -0.3 is 19.6 Å². The molecule has 2 saturated heterocycles. The van der Waals surface area contributed by atoms with Crippen LogP contribution < -0.4 is 0 Å². The number of hydrogen-bond donors (Lipinski definition) is 1. The van der Waals surface area contributed by atoms with Gasteiger partial charge in [-0.2, -0.15) is 0 Å². The summed E-state index contributed by atoms with van der Waals surface area (Å²) in [6.07, 6.45) is 4.73. The fraction of sp³-hybridized carbons (Fsp3) is 0.385. The van der Waals surface area contributed by atoms with Crippen LogP contribution in [-0.4, -0.2) is 63.4 Å². The van der Waals surface area contributed by atoms with Gasteiger partial charge in [0, 0.05) is 37.1 Å². The fourth-order valence-electron chi connectivity index (χ4n) is 4.69. The summed E-state index contributed by atoms with van der Waals surface area (Å²) in [5.74, 6) is -1.55. The van der Waals surface area contributed by atoms with E-state index in [1.54, 1.807) is 53.4 Å². The number of piperidine rings is 1. The molecule has 1 N–H and O–H groups in total. The van der Waals surface area contributed by atoms with E-state index in [4.69, 9.17) is 4.74 Å². The molecule has 2 amide bonds. The number of ether oxygens (including phenoxy) is 1. The summed E-state index contributed by atoms with van der Waals surface area (Å²) >= 11 is 0. The molecule has 3 heterocycles. The van der Waals surface area contributed by atoms with Crippen molar-refractivity contribution < 1.29 is 24.2 Å². The predicted molar refractivity (Wildman–Crippen MR) is 126 cm³/mol. The lowest BCUT2D eigenvalue weighted by atomic mass is 9.94. The second-order valence-corrected chi connectivity index (χ2v) is 8.46. The average molecular weight is 464 g/mol. The van der Waals surface area contributed by atoms with Crippen LogP contribution >= 0.6 is 0 Å². The molecule has 0 bridgehead atoms. The van der Waals surface area contributed by atoms with Crippen molar-refractivity contribution >= 4 is 23.5 Å². The number of amides is 2. The van der Waals surface area contributed by atoms with Crippen LogP contribution in [0.5, 0.6) is 0 Å². The molecule has 0 radical (unpaired) electrons. The quantitative estimate of drug-likeness (QED) is 0.412. The van der Waals surface area contributed by atoms with Crippen LogP contribution in [0.25, 0.3) is 5.76 Å². The molecular weight excluding hydrogens is 434 g/mol. The van der Waals surface area contributed by atoms with Gasteiger partial charge in [0.1, 0.15) is 5.76 Å². The molecule has 0 spiro atoms. The highest BCUT2D eigenvalue weighted by Crippen LogP contribution is 2.42. The van der Waals surface area contributed by atoms with Crippen LogP contribution in [0.3, 0.4) is 0 Å². The van der Waals surface area contributed by atoms with E-state index < -0.39 is 17.7 Å². The Morgan fingerprint density at radius 3 is 2.41 bits per heavy atom. The first-order valence-electron chi connectivity index (χ1n) is 11.7. The molecule has 1 unspecified atom stereocenters. The monoisotopic (exact) mass is 463 g/mol. The highest BCUT2D eigenvalue weighted by atomic mass is 16.6. The van der Waals surface area contributed by atoms with Crippen molar-refractivity contribution in [1.82, 2.24) is 14.8 Å². The number of aromatic nitrogens is 1. The normalized spacial score (nSPS) is 20.6. The van der Waals surface area contributed by atoms with E-state index >= 15 is 0 Å². The number of Topliss-reactive ketones (excluding diaryl/α,β-unsaturated/α-hetero) is 1. The number of aliphatic hydroxyl groups excluding tert-OH is 1. The van der Waals surface area contributed by atoms with E-state index in [0.29, 0.717) is 43.7 Å². The number of carbonyl (C=O) groups excluding carboxylic acids is 3. The molecule has 1 aromatic carbocycles. The molecule has 0 saturated carbocycles. The first-order chi connectivity index (χ1) is 16.5. The largest absolute Gasteiger partial charge is 0.507 e. The summed E-state index contributed by atoms with van der Waals surface area (Å²) in [6.45, 7) is 4.94. The highest BCUT2D eigenvalue weighted by molar-refractivity contribution is 6.46. The zero-order valence-corrected chi connectivity index (χ0v) is 19.4. The van der Waals surface area contributed by atoms with Crippen molar-refractivity contribution in [2.24, 2.45) is 0 Å². The number of aliphatic hydroxyl groups is 1. The van der Waals surface area contributed by atoms with Gasteiger partial charge in [0.2, 0.25) is 0 Å². The van der Waals surface area contributed by atoms with Gasteiger partial charge in [0.25, 0.3) is 11.7 Å². The van der Waals surface area contributed by atoms with Gasteiger partial charge in [-0.05, 0) is 43.4 Å². The summed E-state index contributed by atoms with van der Waals surface area (Å²) in [5.41, 5.74) is 2.31. The molecule has 1 aromatic heterocycles. The number of nitrogens with zero attached hydrogens (tertiary/aromatic N) is 3. The zero-order valence-electron chi connectivity index (χ0n) is 19.4. The van der Waals surface area contributed by atoms with Crippen LogP contribution in [0.4, 0.5) is 4.79 Å². The summed E-state index contributed by atoms with van der Waals surface area (Å²) in [6, 6.07) is 9.86. The van der Waals surface area contributed by atoms with Crippen molar-refractivity contribution in [3.8, 4) is 0 Å². The molecular formula is C26H29N3O5. The molecule has 178 valence electrons. The predicted octanol–water partition coefficient (Wildman–Crippen LogP) is 3.69. The van der Waals surface area contributed by atoms with E-state index in [9.17, 15) is 19.5 Å². The number of likely N-dealkylation sites (tertiary alicyclic amines) is 2. The highest BCUT2D eigenvalue weighted by Gasteiger charge is 2.49. The molecule has 1 atom stereocenters. The number of pyridine rings is 1. The first kappa shape index (κ1) is 23.5. The van der Waals surface area contributed by atoms with E-state index in [-0.39, 0.29) is 23.5 Å². The van der Waals surface area contributed by atoms with Gasteiger partial charge in [-0.3, -0.25) is 14.6 Å². The molecule has 8 heteroatoms. The number of aryl methyl sites for hydroxylation is 1. The van der Waals surface area contributed by atoms with E-state index in [1.165, 1.54) is 0 Å². The number of hydrogen-bond acceptors (Lipinski definition) is 6. The summed E-state index contributed by atoms with van der Waals surface area (Å²) in [7, 11) is 0. The Morgan fingerprint density at radius 1 is 1.12 bits per heavy atom. The number of ketones is 1. The van der Waals surface area contributed by atoms with Crippen LogP contribution in [0, 0.1) is 0 Å². The van der Waals surface area contributed by atoms with Crippen molar-refractivity contribution in [3.05, 3.63) is 71.1 Å². The SMILES string of the molecule is CCOC(=O)N1CCC(N2C(=O)C(=O)/C(=C(/O)c3ccc(CC)cc3)C2c2cccnc2)CC1. The second kappa shape index (κ2) is 10.1. The van der Waals surface area contributed by atoms with Gasteiger partial charge in [-0.1, -0.05) is 37.3 Å². The average Bonchev–Trinajstić information content (AvgIpc) is 3.14. The third-order valence-electron chi connectivity index (χ3n) is 6.50. The van der Waals surface area contributed by atoms with Gasteiger partial charge in [-0.15, -0.1) is 0 Å². The number of benzene rings is 1. The van der Waals surface area contributed by atoms with Crippen LogP contribution in [-0.2, 0) is 20.7 Å². The lowest BCUT2D eigenvalue weighted by Crippen LogP contribution is -2.48. The molecule has 8 nitrogen and oxygen atoms in total. The fourth-order valence-corrected chi connectivity index (χ4v) is 4.69. The standard InChI is InChI=1S/C26H29N3O5/c1-3-17-7-9-18(10-8-17)23(30)21-22(19-6-5-13-27-16-19)29(25(32)24(21)31)20-11-14-28(15-12-20)26(33)34-4-2/h5-10,13,16,20,22,30H,3-4,11-12,14-15H2,1-2H3/b23-21+. The Morgan fingerprint density at radius 2 is 1.82 bits per heavy atom. The minimum absolute atomic E-state index is 0.0649. The van der Waals surface area contributed by atoms with Crippen molar-refractivity contribution in [2.45, 2.75) is 45.2 Å². The van der Waals surface area contributed by atoms with Crippen LogP contribution in [0.15, 0.2) is 54.4 Å². The molecule has 0 aliphatic carbocycles. The van der Waals surface area contributed by atoms with Gasteiger partial charge in [-0.25, -0.2) is 4.79 Å². The molecule has 2 aromatic rings.